The maximum absolute atomic E-state index is 12.4. The average molecular weight is 433 g/mol. The van der Waals surface area contributed by atoms with Gasteiger partial charge >= 0.3 is 5.97 Å². The molecular formula is C16H31N7O7. The number of aliphatic imine (C=N–C) groups is 1. The van der Waals surface area contributed by atoms with Crippen molar-refractivity contribution in [2.24, 2.45) is 22.2 Å². The first kappa shape index (κ1) is 27.0. The molecule has 0 aliphatic rings. The van der Waals surface area contributed by atoms with Crippen molar-refractivity contribution in [2.75, 3.05) is 13.2 Å². The van der Waals surface area contributed by atoms with Crippen LogP contribution in [0.2, 0.25) is 0 Å². The molecule has 0 aliphatic carbocycles. The molecule has 3 amide bonds. The number of nitrogens with one attached hydrogen (secondary N) is 3. The molecule has 0 aromatic heterocycles. The van der Waals surface area contributed by atoms with Gasteiger partial charge in [-0.1, -0.05) is 0 Å². The lowest BCUT2D eigenvalue weighted by Crippen LogP contribution is -2.60. The minimum absolute atomic E-state index is 0.0119. The molecular weight excluding hydrogens is 402 g/mol. The molecule has 0 aromatic rings. The molecule has 12 N–H and O–H groups in total. The fourth-order valence-corrected chi connectivity index (χ4v) is 2.18. The molecule has 0 saturated heterocycles. The van der Waals surface area contributed by atoms with Gasteiger partial charge in [-0.15, -0.1) is 0 Å². The number of amides is 3. The molecule has 172 valence electrons. The molecule has 14 nitrogen and oxygen atoms in total. The standard InChI is InChI=1S/C16H31N7O7/c1-7(17)12(26)22-10(6-24)13(27)23-11(8(2)25)14(28)21-9(15(29)30)4-3-5-20-16(18)19/h7-11,24-25H,3-6,17H2,1-2H3,(H,21,28)(H,22,26)(H,23,27)(H,29,30)(H4,18,19,20). The van der Waals surface area contributed by atoms with Gasteiger partial charge in [-0.3, -0.25) is 19.4 Å². The fourth-order valence-electron chi connectivity index (χ4n) is 2.18. The number of nitrogens with two attached hydrogens (primary N) is 3. The second-order valence-electron chi connectivity index (χ2n) is 6.61. The number of carboxylic acid groups (broad SMARTS) is 1. The van der Waals surface area contributed by atoms with E-state index in [9.17, 15) is 34.5 Å². The van der Waals surface area contributed by atoms with Crippen LogP contribution in [0.5, 0.6) is 0 Å². The summed E-state index contributed by atoms with van der Waals surface area (Å²) in [6.07, 6.45) is -1.17. The third kappa shape index (κ3) is 9.99. The molecule has 0 fully saturated rings. The number of nitrogens with zero attached hydrogens (tertiary/aromatic N) is 1. The lowest BCUT2D eigenvalue weighted by Gasteiger charge is -2.25. The van der Waals surface area contributed by atoms with E-state index in [1.165, 1.54) is 13.8 Å². The Kier molecular flexibility index (Phi) is 12.0. The van der Waals surface area contributed by atoms with Crippen LogP contribution < -0.4 is 33.2 Å². The molecule has 30 heavy (non-hydrogen) atoms. The van der Waals surface area contributed by atoms with Gasteiger partial charge in [-0.05, 0) is 26.7 Å². The van der Waals surface area contributed by atoms with Gasteiger partial charge in [0.15, 0.2) is 5.96 Å². The van der Waals surface area contributed by atoms with Crippen LogP contribution in [-0.4, -0.2) is 88.4 Å². The predicted molar refractivity (Wildman–Crippen MR) is 106 cm³/mol. The highest BCUT2D eigenvalue weighted by Crippen LogP contribution is 2.02. The number of carbonyl (C=O) groups excluding carboxylic acids is 3. The maximum Gasteiger partial charge on any atom is 0.326 e. The van der Waals surface area contributed by atoms with Crippen LogP contribution in [0.1, 0.15) is 26.7 Å². The van der Waals surface area contributed by atoms with Crippen molar-refractivity contribution in [1.82, 2.24) is 16.0 Å². The lowest BCUT2D eigenvalue weighted by atomic mass is 10.1. The Bertz CT molecular complexity index is 635. The van der Waals surface area contributed by atoms with Crippen molar-refractivity contribution in [2.45, 2.75) is 57.0 Å². The number of aliphatic hydroxyl groups is 2. The highest BCUT2D eigenvalue weighted by molar-refractivity contribution is 5.94. The summed E-state index contributed by atoms with van der Waals surface area (Å²) in [5, 5.41) is 35.0. The zero-order chi connectivity index (χ0) is 23.4. The first-order valence-corrected chi connectivity index (χ1v) is 9.14. The van der Waals surface area contributed by atoms with E-state index in [-0.39, 0.29) is 25.3 Å². The van der Waals surface area contributed by atoms with E-state index in [1.807, 2.05) is 0 Å². The van der Waals surface area contributed by atoms with E-state index < -0.39 is 60.6 Å². The normalized spacial score (nSPS) is 15.6. The van der Waals surface area contributed by atoms with Gasteiger partial charge in [0, 0.05) is 6.54 Å². The topological polar surface area (TPSA) is 255 Å². The number of carbonyl (C=O) groups is 4. The van der Waals surface area contributed by atoms with Crippen molar-refractivity contribution in [3.05, 3.63) is 0 Å². The summed E-state index contributed by atoms with van der Waals surface area (Å²) < 4.78 is 0. The van der Waals surface area contributed by atoms with Crippen LogP contribution in [0.3, 0.4) is 0 Å². The molecule has 0 rings (SSSR count). The van der Waals surface area contributed by atoms with Crippen molar-refractivity contribution >= 4 is 29.7 Å². The Balaban J connectivity index is 5.09. The monoisotopic (exact) mass is 433 g/mol. The fraction of sp³-hybridized carbons (Fsp3) is 0.688. The van der Waals surface area contributed by atoms with Crippen LogP contribution in [0.4, 0.5) is 0 Å². The van der Waals surface area contributed by atoms with Gasteiger partial charge in [-0.25, -0.2) is 4.79 Å². The molecule has 14 heteroatoms. The second kappa shape index (κ2) is 13.3. The summed E-state index contributed by atoms with van der Waals surface area (Å²) in [4.78, 5) is 51.4. The van der Waals surface area contributed by atoms with Crippen molar-refractivity contribution in [3.8, 4) is 0 Å². The molecule has 0 spiro atoms. The summed E-state index contributed by atoms with van der Waals surface area (Å²) in [5.74, 6) is -4.14. The van der Waals surface area contributed by atoms with Crippen LogP contribution in [0, 0.1) is 0 Å². The molecule has 0 bridgehead atoms. The van der Waals surface area contributed by atoms with Crippen LogP contribution in [-0.2, 0) is 19.2 Å². The van der Waals surface area contributed by atoms with E-state index >= 15 is 0 Å². The van der Waals surface area contributed by atoms with E-state index in [2.05, 4.69) is 20.9 Å². The summed E-state index contributed by atoms with van der Waals surface area (Å²) in [6, 6.07) is -5.24. The van der Waals surface area contributed by atoms with Gasteiger partial charge in [0.05, 0.1) is 18.8 Å². The van der Waals surface area contributed by atoms with Gasteiger partial charge in [0.25, 0.3) is 0 Å². The molecule has 0 saturated carbocycles. The number of hydrogen-bond acceptors (Lipinski definition) is 8. The second-order valence-corrected chi connectivity index (χ2v) is 6.61. The highest BCUT2D eigenvalue weighted by Gasteiger charge is 2.32. The summed E-state index contributed by atoms with van der Waals surface area (Å²) in [5.41, 5.74) is 15.7. The van der Waals surface area contributed by atoms with Gasteiger partial charge in [0.2, 0.25) is 17.7 Å². The van der Waals surface area contributed by atoms with Crippen molar-refractivity contribution in [1.29, 1.82) is 0 Å². The Morgan fingerprint density at radius 3 is 1.97 bits per heavy atom. The molecule has 0 heterocycles. The number of aliphatic hydroxyl groups excluding tert-OH is 2. The Labute approximate surface area is 173 Å². The first-order valence-electron chi connectivity index (χ1n) is 9.14. The number of rotatable bonds is 13. The number of aliphatic carboxylic acids is 1. The minimum Gasteiger partial charge on any atom is -0.480 e. The van der Waals surface area contributed by atoms with Gasteiger partial charge in [-0.2, -0.15) is 0 Å². The predicted octanol–water partition coefficient (Wildman–Crippen LogP) is -4.70. The van der Waals surface area contributed by atoms with Crippen LogP contribution >= 0.6 is 0 Å². The molecule has 5 unspecified atom stereocenters. The summed E-state index contributed by atoms with van der Waals surface area (Å²) in [6.45, 7) is 1.93. The van der Waals surface area contributed by atoms with Crippen molar-refractivity contribution < 1.29 is 34.5 Å². The van der Waals surface area contributed by atoms with E-state index in [1.54, 1.807) is 0 Å². The number of hydrogen-bond donors (Lipinski definition) is 9. The lowest BCUT2D eigenvalue weighted by molar-refractivity contribution is -0.143. The minimum atomic E-state index is -1.54. The third-order valence-corrected chi connectivity index (χ3v) is 3.85. The molecule has 0 radical (unpaired) electrons. The zero-order valence-corrected chi connectivity index (χ0v) is 16.9. The van der Waals surface area contributed by atoms with Crippen molar-refractivity contribution in [3.63, 3.8) is 0 Å². The van der Waals surface area contributed by atoms with E-state index in [0.29, 0.717) is 0 Å². The quantitative estimate of drug-likeness (QED) is 0.0761. The van der Waals surface area contributed by atoms with Gasteiger partial charge in [0.1, 0.15) is 18.1 Å². The Morgan fingerprint density at radius 1 is 0.967 bits per heavy atom. The number of guanidine groups is 1. The average Bonchev–Trinajstić information content (AvgIpc) is 2.64. The van der Waals surface area contributed by atoms with E-state index in [0.717, 1.165) is 0 Å². The first-order chi connectivity index (χ1) is 13.9. The SMILES string of the molecule is CC(N)C(=O)NC(CO)C(=O)NC(C(=O)NC(CCCN=C(N)N)C(=O)O)C(C)O. The Morgan fingerprint density at radius 2 is 1.53 bits per heavy atom. The molecule has 0 aromatic carbocycles. The Hall–Kier alpha value is -2.97. The highest BCUT2D eigenvalue weighted by atomic mass is 16.4. The van der Waals surface area contributed by atoms with Crippen LogP contribution in [0.25, 0.3) is 0 Å². The number of carboxylic acids is 1. The van der Waals surface area contributed by atoms with Crippen LogP contribution in [0.15, 0.2) is 4.99 Å². The zero-order valence-electron chi connectivity index (χ0n) is 16.9. The largest absolute Gasteiger partial charge is 0.480 e. The smallest absolute Gasteiger partial charge is 0.326 e. The third-order valence-electron chi connectivity index (χ3n) is 3.85. The molecule has 5 atom stereocenters. The molecule has 0 aliphatic heterocycles. The van der Waals surface area contributed by atoms with E-state index in [4.69, 9.17) is 17.2 Å². The summed E-state index contributed by atoms with van der Waals surface area (Å²) >= 11 is 0. The van der Waals surface area contributed by atoms with Gasteiger partial charge < -0.3 is 48.5 Å². The summed E-state index contributed by atoms with van der Waals surface area (Å²) in [7, 11) is 0. The maximum atomic E-state index is 12.4.